The molecule has 10 aromatic carbocycles. The Kier molecular flexibility index (Phi) is 7.85. The first-order valence-corrected chi connectivity index (χ1v) is 21.8. The molecule has 0 saturated heterocycles. The van der Waals surface area contributed by atoms with Crippen molar-refractivity contribution in [2.45, 2.75) is 5.41 Å². The lowest BCUT2D eigenvalue weighted by atomic mass is 9.70. The lowest BCUT2D eigenvalue weighted by Crippen LogP contribution is -2.25. The van der Waals surface area contributed by atoms with Crippen molar-refractivity contribution in [1.82, 2.24) is 0 Å². The van der Waals surface area contributed by atoms with E-state index in [0.717, 1.165) is 44.6 Å². The van der Waals surface area contributed by atoms with E-state index in [1.54, 1.807) is 0 Å². The third-order valence-electron chi connectivity index (χ3n) is 13.5. The molecule has 0 aliphatic heterocycles. The predicted molar refractivity (Wildman–Crippen MR) is 261 cm³/mol. The lowest BCUT2D eigenvalue weighted by molar-refractivity contribution is 0.669. The molecule has 13 rings (SSSR count). The number of furan rings is 1. The Morgan fingerprint density at radius 1 is 0.302 bits per heavy atom. The minimum Gasteiger partial charge on any atom is -0.454 e. The summed E-state index contributed by atoms with van der Waals surface area (Å²) in [6.07, 6.45) is 0. The number of rotatable bonds is 6. The second-order valence-electron chi connectivity index (χ2n) is 16.7. The fourth-order valence-corrected chi connectivity index (χ4v) is 10.8. The molecule has 2 aliphatic rings. The van der Waals surface area contributed by atoms with E-state index in [-0.39, 0.29) is 0 Å². The molecule has 11 aromatic rings. The monoisotopic (exact) mass is 801 g/mol. The van der Waals surface area contributed by atoms with E-state index in [1.807, 2.05) is 6.07 Å². The van der Waals surface area contributed by atoms with Crippen LogP contribution in [0, 0.1) is 0 Å². The highest BCUT2D eigenvalue weighted by molar-refractivity contribution is 6.10. The van der Waals surface area contributed by atoms with Crippen molar-refractivity contribution in [2.75, 3.05) is 4.90 Å². The number of anilines is 3. The lowest BCUT2D eigenvalue weighted by Gasteiger charge is -2.30. The summed E-state index contributed by atoms with van der Waals surface area (Å²) in [6, 6.07) is 86.4. The van der Waals surface area contributed by atoms with Crippen molar-refractivity contribution in [3.05, 3.63) is 259 Å². The van der Waals surface area contributed by atoms with Gasteiger partial charge in [0.2, 0.25) is 0 Å². The summed E-state index contributed by atoms with van der Waals surface area (Å²) in [6.45, 7) is 0. The van der Waals surface area contributed by atoms with Crippen LogP contribution in [-0.2, 0) is 5.41 Å². The van der Waals surface area contributed by atoms with Crippen LogP contribution >= 0.6 is 0 Å². The molecule has 0 radical (unpaired) electrons. The van der Waals surface area contributed by atoms with Crippen molar-refractivity contribution in [3.63, 3.8) is 0 Å². The van der Waals surface area contributed by atoms with E-state index in [4.69, 9.17) is 4.42 Å². The molecule has 63 heavy (non-hydrogen) atoms. The third kappa shape index (κ3) is 5.25. The van der Waals surface area contributed by atoms with E-state index in [0.29, 0.717) is 0 Å². The van der Waals surface area contributed by atoms with Gasteiger partial charge in [-0.2, -0.15) is 0 Å². The van der Waals surface area contributed by atoms with Crippen molar-refractivity contribution >= 4 is 39.0 Å². The number of hydrogen-bond donors (Lipinski definition) is 0. The van der Waals surface area contributed by atoms with Crippen LogP contribution in [0.4, 0.5) is 17.1 Å². The Hall–Kier alpha value is -8.20. The van der Waals surface area contributed by atoms with Gasteiger partial charge in [-0.3, -0.25) is 0 Å². The van der Waals surface area contributed by atoms with Gasteiger partial charge in [0, 0.05) is 22.1 Å². The highest BCUT2D eigenvalue weighted by Gasteiger charge is 2.51. The van der Waals surface area contributed by atoms with Gasteiger partial charge in [-0.1, -0.05) is 194 Å². The van der Waals surface area contributed by atoms with Gasteiger partial charge in [0.15, 0.2) is 5.58 Å². The number of benzene rings is 10. The summed E-state index contributed by atoms with van der Waals surface area (Å²) in [5, 5.41) is 2.20. The van der Waals surface area contributed by atoms with E-state index in [9.17, 15) is 0 Å². The maximum Gasteiger partial charge on any atom is 0.159 e. The molecular formula is C61H39NO. The number of hydrogen-bond acceptors (Lipinski definition) is 2. The Morgan fingerprint density at radius 2 is 0.825 bits per heavy atom. The topological polar surface area (TPSA) is 16.4 Å². The quantitative estimate of drug-likeness (QED) is 0.167. The Morgan fingerprint density at radius 3 is 1.52 bits per heavy atom. The molecule has 1 spiro atoms. The van der Waals surface area contributed by atoms with Crippen LogP contribution in [0.5, 0.6) is 0 Å². The van der Waals surface area contributed by atoms with Gasteiger partial charge in [0.25, 0.3) is 0 Å². The summed E-state index contributed by atoms with van der Waals surface area (Å²) in [7, 11) is 0. The van der Waals surface area contributed by atoms with E-state index >= 15 is 0 Å². The largest absolute Gasteiger partial charge is 0.454 e. The van der Waals surface area contributed by atoms with Gasteiger partial charge in [-0.25, -0.2) is 0 Å². The van der Waals surface area contributed by atoms with Crippen LogP contribution in [0.15, 0.2) is 241 Å². The molecular weight excluding hydrogens is 763 g/mol. The maximum absolute atomic E-state index is 6.75. The number of para-hydroxylation sites is 2. The zero-order valence-electron chi connectivity index (χ0n) is 34.4. The molecule has 1 heterocycles. The third-order valence-corrected chi connectivity index (χ3v) is 13.5. The van der Waals surface area contributed by atoms with Crippen LogP contribution in [-0.4, -0.2) is 0 Å². The average molecular weight is 802 g/mol. The van der Waals surface area contributed by atoms with Gasteiger partial charge in [-0.15, -0.1) is 0 Å². The SMILES string of the molecule is c1ccc(-c2ccc(N(c3ccc(-c4ccccc4)c(-c4ccc5c(c4)-c4ccccc4C54c5ccccc5-c5ccccc54)c3)c3cccc4c3oc3ccccc34)cc2)cc1. The van der Waals surface area contributed by atoms with Gasteiger partial charge in [-0.05, 0) is 120 Å². The molecule has 0 N–H and O–H groups in total. The molecule has 294 valence electrons. The number of nitrogens with zero attached hydrogens (tertiary/aromatic N) is 1. The Labute approximate surface area is 366 Å². The zero-order chi connectivity index (χ0) is 41.5. The molecule has 0 saturated carbocycles. The molecule has 1 aromatic heterocycles. The van der Waals surface area contributed by atoms with Crippen LogP contribution in [0.2, 0.25) is 0 Å². The first kappa shape index (κ1) is 35.5. The molecule has 2 heteroatoms. The fourth-order valence-electron chi connectivity index (χ4n) is 10.8. The van der Waals surface area contributed by atoms with E-state index in [2.05, 4.69) is 235 Å². The van der Waals surface area contributed by atoms with Gasteiger partial charge >= 0.3 is 0 Å². The van der Waals surface area contributed by atoms with Crippen molar-refractivity contribution in [3.8, 4) is 55.6 Å². The summed E-state index contributed by atoms with van der Waals surface area (Å²) < 4.78 is 6.75. The molecule has 0 bridgehead atoms. The fraction of sp³-hybridized carbons (Fsp3) is 0.0164. The van der Waals surface area contributed by atoms with Crippen molar-refractivity contribution in [2.24, 2.45) is 0 Å². The van der Waals surface area contributed by atoms with Crippen LogP contribution in [0.3, 0.4) is 0 Å². The highest BCUT2D eigenvalue weighted by Crippen LogP contribution is 2.63. The van der Waals surface area contributed by atoms with Gasteiger partial charge in [0.1, 0.15) is 5.58 Å². The Bertz CT molecular complexity index is 3520. The molecule has 0 amide bonds. The van der Waals surface area contributed by atoms with Crippen LogP contribution in [0.25, 0.3) is 77.6 Å². The number of fused-ring (bicyclic) bond motifs is 13. The summed E-state index contributed by atoms with van der Waals surface area (Å²) in [4.78, 5) is 2.36. The van der Waals surface area contributed by atoms with Gasteiger partial charge < -0.3 is 9.32 Å². The second-order valence-corrected chi connectivity index (χ2v) is 16.7. The smallest absolute Gasteiger partial charge is 0.159 e. The molecule has 0 fully saturated rings. The predicted octanol–water partition coefficient (Wildman–Crippen LogP) is 16.4. The van der Waals surface area contributed by atoms with E-state index in [1.165, 1.54) is 72.3 Å². The molecule has 2 nitrogen and oxygen atoms in total. The minimum absolute atomic E-state index is 0.393. The first-order chi connectivity index (χ1) is 31.3. The summed E-state index contributed by atoms with van der Waals surface area (Å²) in [5.41, 5.74) is 22.0. The van der Waals surface area contributed by atoms with E-state index < -0.39 is 5.41 Å². The standard InChI is InChI=1S/C61H39NO/c1-3-16-40(17-4-1)41-30-33-44(34-31-41)62(58-28-15-24-51-50-23-10-14-29-59(50)63-60(51)58)45-35-36-46(42-18-5-2-6-19-42)52(39-45)43-32-37-57-53(38-43)49-22-9-13-27-56(49)61(57)54-25-11-7-20-47(54)48-21-8-12-26-55(48)61/h1-39H. The first-order valence-electron chi connectivity index (χ1n) is 21.8. The minimum atomic E-state index is -0.393. The van der Waals surface area contributed by atoms with Crippen molar-refractivity contribution < 1.29 is 4.42 Å². The zero-order valence-corrected chi connectivity index (χ0v) is 34.4. The second kappa shape index (κ2) is 13.9. The highest BCUT2D eigenvalue weighted by atomic mass is 16.3. The maximum atomic E-state index is 6.75. The van der Waals surface area contributed by atoms with Crippen molar-refractivity contribution in [1.29, 1.82) is 0 Å². The Balaban J connectivity index is 1.04. The van der Waals surface area contributed by atoms with Crippen LogP contribution in [0.1, 0.15) is 22.3 Å². The van der Waals surface area contributed by atoms with Crippen LogP contribution < -0.4 is 4.90 Å². The average Bonchev–Trinajstić information content (AvgIpc) is 3.99. The summed E-state index contributed by atoms with van der Waals surface area (Å²) in [5.74, 6) is 0. The normalized spacial score (nSPS) is 12.9. The molecule has 2 aliphatic carbocycles. The molecule has 0 unspecified atom stereocenters. The molecule has 0 atom stereocenters. The summed E-state index contributed by atoms with van der Waals surface area (Å²) >= 11 is 0. The van der Waals surface area contributed by atoms with Gasteiger partial charge in [0.05, 0.1) is 11.1 Å².